The van der Waals surface area contributed by atoms with Crippen LogP contribution in [0.5, 0.6) is 0 Å². The lowest BCUT2D eigenvalue weighted by Crippen LogP contribution is -2.14. The summed E-state index contributed by atoms with van der Waals surface area (Å²) in [6, 6.07) is 8.35. The van der Waals surface area contributed by atoms with Crippen LogP contribution < -0.4 is 5.32 Å². The molecule has 1 aromatic carbocycles. The minimum Gasteiger partial charge on any atom is -0.377 e. The Morgan fingerprint density at radius 1 is 1.30 bits per heavy atom. The van der Waals surface area contributed by atoms with Gasteiger partial charge in [-0.25, -0.2) is 4.68 Å². The van der Waals surface area contributed by atoms with Crippen molar-refractivity contribution in [3.8, 4) is 0 Å². The highest BCUT2D eigenvalue weighted by Crippen LogP contribution is 2.10. The van der Waals surface area contributed by atoms with Crippen LogP contribution in [0.25, 0.3) is 6.20 Å². The second kappa shape index (κ2) is 7.62. The number of hydrogen-bond acceptors (Lipinski definition) is 3. The molecule has 0 bridgehead atoms. The minimum absolute atomic E-state index is 0.669. The highest BCUT2D eigenvalue weighted by molar-refractivity contribution is 5.26. The SMILES string of the molecule is C=Cn1cc(CNCc2ccccc2COCC)cn1. The number of aromatic nitrogens is 2. The summed E-state index contributed by atoms with van der Waals surface area (Å²) < 4.78 is 7.20. The summed E-state index contributed by atoms with van der Waals surface area (Å²) in [6.07, 6.45) is 5.49. The topological polar surface area (TPSA) is 39.1 Å². The van der Waals surface area contributed by atoms with Crippen molar-refractivity contribution in [2.45, 2.75) is 26.6 Å². The largest absolute Gasteiger partial charge is 0.377 e. The van der Waals surface area contributed by atoms with Gasteiger partial charge < -0.3 is 10.1 Å². The molecular weight excluding hydrogens is 250 g/mol. The zero-order valence-corrected chi connectivity index (χ0v) is 11.9. The number of rotatable bonds is 8. The Labute approximate surface area is 120 Å². The highest BCUT2D eigenvalue weighted by Gasteiger charge is 2.02. The molecular formula is C16H21N3O. The molecule has 0 amide bonds. The first-order valence-electron chi connectivity index (χ1n) is 6.84. The second-order valence-electron chi connectivity index (χ2n) is 4.52. The Morgan fingerprint density at radius 3 is 2.80 bits per heavy atom. The van der Waals surface area contributed by atoms with Crippen LogP contribution in [0.15, 0.2) is 43.2 Å². The summed E-state index contributed by atoms with van der Waals surface area (Å²) in [4.78, 5) is 0. The van der Waals surface area contributed by atoms with Crippen molar-refractivity contribution in [2.24, 2.45) is 0 Å². The van der Waals surface area contributed by atoms with Gasteiger partial charge in [0.15, 0.2) is 0 Å². The van der Waals surface area contributed by atoms with E-state index in [-0.39, 0.29) is 0 Å². The molecule has 0 fully saturated rings. The monoisotopic (exact) mass is 271 g/mol. The first kappa shape index (κ1) is 14.5. The molecule has 0 aliphatic heterocycles. The summed E-state index contributed by atoms with van der Waals surface area (Å²) in [5.74, 6) is 0. The molecule has 0 spiro atoms. The lowest BCUT2D eigenvalue weighted by atomic mass is 10.1. The van der Waals surface area contributed by atoms with Gasteiger partial charge in [-0.15, -0.1) is 0 Å². The highest BCUT2D eigenvalue weighted by atomic mass is 16.5. The quantitative estimate of drug-likeness (QED) is 0.802. The predicted molar refractivity (Wildman–Crippen MR) is 80.9 cm³/mol. The van der Waals surface area contributed by atoms with E-state index in [4.69, 9.17) is 4.74 Å². The zero-order valence-electron chi connectivity index (χ0n) is 11.9. The van der Waals surface area contributed by atoms with Gasteiger partial charge in [0.05, 0.1) is 12.8 Å². The minimum atomic E-state index is 0.669. The predicted octanol–water partition coefficient (Wildman–Crippen LogP) is 2.81. The smallest absolute Gasteiger partial charge is 0.0719 e. The van der Waals surface area contributed by atoms with E-state index in [2.05, 4.69) is 35.2 Å². The molecule has 1 aromatic heterocycles. The van der Waals surface area contributed by atoms with Gasteiger partial charge in [0.25, 0.3) is 0 Å². The van der Waals surface area contributed by atoms with Crippen molar-refractivity contribution in [1.29, 1.82) is 0 Å². The maximum Gasteiger partial charge on any atom is 0.0719 e. The van der Waals surface area contributed by atoms with Gasteiger partial charge in [0.1, 0.15) is 0 Å². The van der Waals surface area contributed by atoms with E-state index >= 15 is 0 Å². The Kier molecular flexibility index (Phi) is 5.53. The Morgan fingerprint density at radius 2 is 2.10 bits per heavy atom. The Hall–Kier alpha value is -1.91. The van der Waals surface area contributed by atoms with Crippen LogP contribution in [-0.4, -0.2) is 16.4 Å². The molecule has 1 N–H and O–H groups in total. The third-order valence-corrected chi connectivity index (χ3v) is 3.07. The summed E-state index contributed by atoms with van der Waals surface area (Å²) in [6.45, 7) is 8.71. The summed E-state index contributed by atoms with van der Waals surface area (Å²) in [5.41, 5.74) is 3.66. The zero-order chi connectivity index (χ0) is 14.2. The van der Waals surface area contributed by atoms with Crippen LogP contribution in [0, 0.1) is 0 Å². The number of nitrogens with one attached hydrogen (secondary N) is 1. The Bertz CT molecular complexity index is 548. The normalized spacial score (nSPS) is 10.7. The number of nitrogens with zero attached hydrogens (tertiary/aromatic N) is 2. The second-order valence-corrected chi connectivity index (χ2v) is 4.52. The van der Waals surface area contributed by atoms with E-state index in [0.29, 0.717) is 6.61 Å². The molecule has 0 aliphatic rings. The van der Waals surface area contributed by atoms with Gasteiger partial charge in [0, 0.05) is 37.7 Å². The molecule has 4 heteroatoms. The van der Waals surface area contributed by atoms with Crippen molar-refractivity contribution in [3.05, 3.63) is 59.9 Å². The van der Waals surface area contributed by atoms with E-state index in [1.807, 2.05) is 25.4 Å². The molecule has 2 aromatic rings. The average Bonchev–Trinajstić information content (AvgIpc) is 2.94. The van der Waals surface area contributed by atoms with Crippen LogP contribution >= 0.6 is 0 Å². The van der Waals surface area contributed by atoms with Gasteiger partial charge in [-0.1, -0.05) is 30.8 Å². The summed E-state index contributed by atoms with van der Waals surface area (Å²) in [7, 11) is 0. The molecule has 0 saturated carbocycles. The molecule has 1 heterocycles. The third kappa shape index (κ3) is 4.05. The van der Waals surface area contributed by atoms with Crippen LogP contribution in [0.1, 0.15) is 23.6 Å². The van der Waals surface area contributed by atoms with Crippen molar-refractivity contribution >= 4 is 6.20 Å². The molecule has 4 nitrogen and oxygen atoms in total. The fourth-order valence-corrected chi connectivity index (χ4v) is 1.99. The third-order valence-electron chi connectivity index (χ3n) is 3.07. The van der Waals surface area contributed by atoms with E-state index < -0.39 is 0 Å². The molecule has 0 saturated heterocycles. The molecule has 0 atom stereocenters. The number of ether oxygens (including phenoxy) is 1. The molecule has 106 valence electrons. The van der Waals surface area contributed by atoms with Gasteiger partial charge in [0.2, 0.25) is 0 Å². The lowest BCUT2D eigenvalue weighted by molar-refractivity contribution is 0.133. The standard InChI is InChI=1S/C16H21N3O/c1-3-19-12-14(10-18-19)9-17-11-15-7-5-6-8-16(15)13-20-4-2/h3,5-8,10,12,17H,1,4,9,11,13H2,2H3. The van der Waals surface area contributed by atoms with Crippen LogP contribution in [0.2, 0.25) is 0 Å². The average molecular weight is 271 g/mol. The van der Waals surface area contributed by atoms with Gasteiger partial charge >= 0.3 is 0 Å². The fourth-order valence-electron chi connectivity index (χ4n) is 1.99. The van der Waals surface area contributed by atoms with Crippen LogP contribution in [0.3, 0.4) is 0 Å². The van der Waals surface area contributed by atoms with Crippen LogP contribution in [-0.2, 0) is 24.4 Å². The molecule has 0 radical (unpaired) electrons. The summed E-state index contributed by atoms with van der Waals surface area (Å²) in [5, 5.41) is 7.59. The van der Waals surface area contributed by atoms with E-state index in [1.54, 1.807) is 10.9 Å². The lowest BCUT2D eigenvalue weighted by Gasteiger charge is -2.10. The number of benzene rings is 1. The van der Waals surface area contributed by atoms with E-state index in [0.717, 1.165) is 25.3 Å². The molecule has 20 heavy (non-hydrogen) atoms. The first-order valence-corrected chi connectivity index (χ1v) is 6.84. The first-order chi connectivity index (χ1) is 9.83. The maximum atomic E-state index is 5.49. The fraction of sp³-hybridized carbons (Fsp3) is 0.312. The summed E-state index contributed by atoms with van der Waals surface area (Å²) >= 11 is 0. The van der Waals surface area contributed by atoms with Crippen molar-refractivity contribution < 1.29 is 4.74 Å². The van der Waals surface area contributed by atoms with Crippen molar-refractivity contribution in [1.82, 2.24) is 15.1 Å². The van der Waals surface area contributed by atoms with Gasteiger partial charge in [-0.05, 0) is 18.1 Å². The van der Waals surface area contributed by atoms with E-state index in [9.17, 15) is 0 Å². The van der Waals surface area contributed by atoms with E-state index in [1.165, 1.54) is 11.1 Å². The maximum absolute atomic E-state index is 5.49. The molecule has 2 rings (SSSR count). The molecule has 0 aliphatic carbocycles. The van der Waals surface area contributed by atoms with Crippen LogP contribution in [0.4, 0.5) is 0 Å². The van der Waals surface area contributed by atoms with Gasteiger partial charge in [-0.2, -0.15) is 5.10 Å². The van der Waals surface area contributed by atoms with Crippen molar-refractivity contribution in [2.75, 3.05) is 6.61 Å². The molecule has 0 unspecified atom stereocenters. The van der Waals surface area contributed by atoms with Gasteiger partial charge in [-0.3, -0.25) is 0 Å². The Balaban J connectivity index is 1.88. The van der Waals surface area contributed by atoms with Crippen molar-refractivity contribution in [3.63, 3.8) is 0 Å². The number of hydrogen-bond donors (Lipinski definition) is 1.